The summed E-state index contributed by atoms with van der Waals surface area (Å²) in [5.41, 5.74) is -0.274. The van der Waals surface area contributed by atoms with Crippen molar-refractivity contribution in [2.75, 3.05) is 6.54 Å². The van der Waals surface area contributed by atoms with Gasteiger partial charge in [-0.1, -0.05) is 34.8 Å². The van der Waals surface area contributed by atoms with Crippen LogP contribution in [0.4, 0.5) is 4.39 Å². The first-order valence-electron chi connectivity index (χ1n) is 6.49. The highest BCUT2D eigenvalue weighted by Crippen LogP contribution is 2.29. The number of hydrogen-bond acceptors (Lipinski definition) is 2. The molecule has 2 atom stereocenters. The lowest BCUT2D eigenvalue weighted by Gasteiger charge is -2.27. The van der Waals surface area contributed by atoms with Crippen molar-refractivity contribution in [1.82, 2.24) is 5.32 Å². The van der Waals surface area contributed by atoms with Gasteiger partial charge in [-0.15, -0.1) is 0 Å². The molecule has 1 fully saturated rings. The SMILES string of the molecule is O=C(NCC1CCCCC1Br)c1c(O)cccc1F. The molecule has 1 aromatic carbocycles. The third kappa shape index (κ3) is 3.47. The summed E-state index contributed by atoms with van der Waals surface area (Å²) in [7, 11) is 0. The number of aromatic hydroxyl groups is 1. The standard InChI is InChI=1S/C14H17BrFNO2/c15-10-5-2-1-4-9(10)8-17-14(19)13-11(16)6-3-7-12(13)18/h3,6-7,9-10,18H,1-2,4-5,8H2,(H,17,19). The van der Waals surface area contributed by atoms with Crippen LogP contribution in [0.3, 0.4) is 0 Å². The second kappa shape index (κ2) is 6.37. The topological polar surface area (TPSA) is 49.3 Å². The highest BCUT2D eigenvalue weighted by molar-refractivity contribution is 9.09. The molecule has 0 heterocycles. The van der Waals surface area contributed by atoms with E-state index in [-0.39, 0.29) is 11.3 Å². The molecule has 104 valence electrons. The fourth-order valence-corrected chi connectivity index (χ4v) is 3.22. The van der Waals surface area contributed by atoms with E-state index in [2.05, 4.69) is 21.2 Å². The molecule has 2 rings (SSSR count). The number of amides is 1. The van der Waals surface area contributed by atoms with Crippen LogP contribution in [0.5, 0.6) is 5.75 Å². The maximum Gasteiger partial charge on any atom is 0.258 e. The Labute approximate surface area is 120 Å². The number of phenols is 1. The fraction of sp³-hybridized carbons (Fsp3) is 0.500. The Morgan fingerprint density at radius 3 is 2.84 bits per heavy atom. The van der Waals surface area contributed by atoms with Crippen LogP contribution in [0.1, 0.15) is 36.0 Å². The predicted molar refractivity (Wildman–Crippen MR) is 75.1 cm³/mol. The summed E-state index contributed by atoms with van der Waals surface area (Å²) in [6, 6.07) is 3.85. The van der Waals surface area contributed by atoms with Crippen molar-refractivity contribution in [1.29, 1.82) is 0 Å². The number of halogens is 2. The van der Waals surface area contributed by atoms with Gasteiger partial charge in [0.2, 0.25) is 0 Å². The smallest absolute Gasteiger partial charge is 0.258 e. The molecule has 0 saturated heterocycles. The zero-order valence-corrected chi connectivity index (χ0v) is 12.1. The zero-order valence-electron chi connectivity index (χ0n) is 10.5. The first-order valence-corrected chi connectivity index (χ1v) is 7.41. The van der Waals surface area contributed by atoms with Crippen LogP contribution in [-0.2, 0) is 0 Å². The Morgan fingerprint density at radius 1 is 1.42 bits per heavy atom. The van der Waals surface area contributed by atoms with Crippen LogP contribution in [0.25, 0.3) is 0 Å². The Bertz CT molecular complexity index is 447. The van der Waals surface area contributed by atoms with Crippen LogP contribution in [-0.4, -0.2) is 22.4 Å². The number of alkyl halides is 1. The Kier molecular flexibility index (Phi) is 4.80. The van der Waals surface area contributed by atoms with Crippen molar-refractivity contribution in [3.8, 4) is 5.75 Å². The minimum absolute atomic E-state index is 0.274. The van der Waals surface area contributed by atoms with Gasteiger partial charge in [0.1, 0.15) is 17.1 Å². The highest BCUT2D eigenvalue weighted by Gasteiger charge is 2.24. The van der Waals surface area contributed by atoms with Crippen molar-refractivity contribution in [3.05, 3.63) is 29.6 Å². The number of hydrogen-bond donors (Lipinski definition) is 2. The Morgan fingerprint density at radius 2 is 2.16 bits per heavy atom. The van der Waals surface area contributed by atoms with Gasteiger partial charge in [-0.25, -0.2) is 4.39 Å². The molecule has 5 heteroatoms. The molecule has 1 saturated carbocycles. The molecule has 0 aliphatic heterocycles. The van der Waals surface area contributed by atoms with E-state index in [0.717, 1.165) is 19.3 Å². The first kappa shape index (κ1) is 14.3. The van der Waals surface area contributed by atoms with Gasteiger partial charge in [0, 0.05) is 11.4 Å². The molecule has 0 aromatic heterocycles. The normalized spacial score (nSPS) is 23.1. The lowest BCUT2D eigenvalue weighted by molar-refractivity contribution is 0.0937. The summed E-state index contributed by atoms with van der Waals surface area (Å²) in [5.74, 6) is -1.21. The van der Waals surface area contributed by atoms with E-state index in [1.165, 1.54) is 24.6 Å². The van der Waals surface area contributed by atoms with Crippen molar-refractivity contribution in [2.45, 2.75) is 30.5 Å². The average molecular weight is 330 g/mol. The molecule has 0 spiro atoms. The van der Waals surface area contributed by atoms with Crippen molar-refractivity contribution >= 4 is 21.8 Å². The van der Waals surface area contributed by atoms with Gasteiger partial charge in [0.15, 0.2) is 0 Å². The van der Waals surface area contributed by atoms with E-state index in [1.807, 2.05) is 0 Å². The fourth-order valence-electron chi connectivity index (χ4n) is 2.44. The summed E-state index contributed by atoms with van der Waals surface area (Å²) in [6.07, 6.45) is 4.52. The van der Waals surface area contributed by atoms with Crippen molar-refractivity contribution < 1.29 is 14.3 Å². The van der Waals surface area contributed by atoms with E-state index in [9.17, 15) is 14.3 Å². The summed E-state index contributed by atoms with van der Waals surface area (Å²) in [5, 5.41) is 12.3. The van der Waals surface area contributed by atoms with Crippen molar-refractivity contribution in [2.24, 2.45) is 5.92 Å². The van der Waals surface area contributed by atoms with Gasteiger partial charge >= 0.3 is 0 Å². The Hall–Kier alpha value is -1.10. The molecule has 0 radical (unpaired) electrons. The van der Waals surface area contributed by atoms with Crippen LogP contribution in [0.15, 0.2) is 18.2 Å². The van der Waals surface area contributed by atoms with Crippen LogP contribution >= 0.6 is 15.9 Å². The molecule has 19 heavy (non-hydrogen) atoms. The summed E-state index contributed by atoms with van der Waals surface area (Å²) < 4.78 is 13.5. The van der Waals surface area contributed by atoms with Gasteiger partial charge in [-0.05, 0) is 30.9 Å². The summed E-state index contributed by atoms with van der Waals surface area (Å²) >= 11 is 3.62. The van der Waals surface area contributed by atoms with E-state index < -0.39 is 11.7 Å². The molecule has 3 nitrogen and oxygen atoms in total. The number of carbonyl (C=O) groups excluding carboxylic acids is 1. The summed E-state index contributed by atoms with van der Waals surface area (Å²) in [4.78, 5) is 12.3. The van der Waals surface area contributed by atoms with E-state index in [0.29, 0.717) is 17.3 Å². The molecule has 1 amide bonds. The molecule has 2 unspecified atom stereocenters. The number of nitrogens with one attached hydrogen (secondary N) is 1. The predicted octanol–water partition coefficient (Wildman–Crippen LogP) is 3.21. The second-order valence-electron chi connectivity index (χ2n) is 4.90. The largest absolute Gasteiger partial charge is 0.507 e. The lowest BCUT2D eigenvalue weighted by Crippen LogP contribution is -2.34. The number of benzene rings is 1. The molecule has 1 aliphatic rings. The maximum atomic E-state index is 13.5. The lowest BCUT2D eigenvalue weighted by atomic mass is 9.89. The minimum Gasteiger partial charge on any atom is -0.507 e. The number of rotatable bonds is 3. The first-order chi connectivity index (χ1) is 9.09. The molecule has 1 aliphatic carbocycles. The van der Waals surface area contributed by atoms with Gasteiger partial charge in [0.05, 0.1) is 0 Å². The average Bonchev–Trinajstić information content (AvgIpc) is 2.37. The minimum atomic E-state index is -0.698. The monoisotopic (exact) mass is 329 g/mol. The molecular formula is C14H17BrFNO2. The molecular weight excluding hydrogens is 313 g/mol. The second-order valence-corrected chi connectivity index (χ2v) is 6.08. The highest BCUT2D eigenvalue weighted by atomic mass is 79.9. The molecule has 2 N–H and O–H groups in total. The number of phenolic OH excluding ortho intramolecular Hbond substituents is 1. The van der Waals surface area contributed by atoms with Crippen LogP contribution in [0, 0.1) is 11.7 Å². The third-order valence-electron chi connectivity index (χ3n) is 3.56. The zero-order chi connectivity index (χ0) is 13.8. The molecule has 1 aromatic rings. The van der Waals surface area contributed by atoms with Crippen LogP contribution in [0.2, 0.25) is 0 Å². The van der Waals surface area contributed by atoms with E-state index in [4.69, 9.17) is 0 Å². The summed E-state index contributed by atoms with van der Waals surface area (Å²) in [6.45, 7) is 0.503. The van der Waals surface area contributed by atoms with Crippen molar-refractivity contribution in [3.63, 3.8) is 0 Å². The molecule has 0 bridgehead atoms. The number of carbonyl (C=O) groups is 1. The van der Waals surface area contributed by atoms with Gasteiger partial charge < -0.3 is 10.4 Å². The maximum absolute atomic E-state index is 13.5. The van der Waals surface area contributed by atoms with E-state index in [1.54, 1.807) is 0 Å². The quantitative estimate of drug-likeness (QED) is 0.836. The van der Waals surface area contributed by atoms with E-state index >= 15 is 0 Å². The van der Waals surface area contributed by atoms with Crippen LogP contribution < -0.4 is 5.32 Å². The third-order valence-corrected chi connectivity index (χ3v) is 4.77. The Balaban J connectivity index is 1.97. The van der Waals surface area contributed by atoms with Gasteiger partial charge in [0.25, 0.3) is 5.91 Å². The van der Waals surface area contributed by atoms with Gasteiger partial charge in [-0.2, -0.15) is 0 Å². The van der Waals surface area contributed by atoms with Gasteiger partial charge in [-0.3, -0.25) is 4.79 Å².